The normalized spacial score (nSPS) is 18.4. The number of fused-ring (bicyclic) bond motifs is 1. The van der Waals surface area contributed by atoms with Crippen LogP contribution in [0.1, 0.15) is 55.0 Å². The Bertz CT molecular complexity index is 1210. The Hall–Kier alpha value is -2.41. The van der Waals surface area contributed by atoms with Crippen molar-refractivity contribution >= 4 is 5.97 Å². The van der Waals surface area contributed by atoms with Crippen molar-refractivity contribution in [2.45, 2.75) is 44.6 Å². The van der Waals surface area contributed by atoms with E-state index in [1.165, 1.54) is 6.07 Å². The molecule has 3 aromatic rings. The molecule has 1 unspecified atom stereocenters. The van der Waals surface area contributed by atoms with E-state index in [-0.39, 0.29) is 47.4 Å². The van der Waals surface area contributed by atoms with Gasteiger partial charge in [0.25, 0.3) is 0 Å². The van der Waals surface area contributed by atoms with Crippen LogP contribution in [-0.4, -0.2) is 18.1 Å². The number of aromatic nitrogens is 1. The second-order valence-corrected chi connectivity index (χ2v) is 9.30. The summed E-state index contributed by atoms with van der Waals surface area (Å²) in [5.41, 5.74) is 4.00. The van der Waals surface area contributed by atoms with E-state index in [2.05, 4.69) is 11.1 Å². The SMILES string of the molecule is COc1ccc(F)c(-c2ccc(C3CCc4ccc([C@H](C5CC5)[C@H](C)C(=O)[O-])cc4O3)nc2)c1.[Na+]. The predicted octanol–water partition coefficient (Wildman–Crippen LogP) is 1.85. The average molecular weight is 484 g/mol. The number of ether oxygens (including phenoxy) is 2. The van der Waals surface area contributed by atoms with Gasteiger partial charge in [0.2, 0.25) is 0 Å². The Kier molecular flexibility index (Phi) is 7.84. The minimum Gasteiger partial charge on any atom is -0.550 e. The van der Waals surface area contributed by atoms with E-state index in [0.29, 0.717) is 22.8 Å². The van der Waals surface area contributed by atoms with Gasteiger partial charge in [-0.3, -0.25) is 4.98 Å². The van der Waals surface area contributed by atoms with Gasteiger partial charge in [-0.2, -0.15) is 0 Å². The zero-order valence-corrected chi connectivity index (χ0v) is 22.3. The molecule has 0 saturated heterocycles. The summed E-state index contributed by atoms with van der Waals surface area (Å²) in [5, 5.41) is 11.6. The van der Waals surface area contributed by atoms with E-state index >= 15 is 0 Å². The van der Waals surface area contributed by atoms with Crippen LogP contribution in [0.15, 0.2) is 54.7 Å². The summed E-state index contributed by atoms with van der Waals surface area (Å²) in [6, 6.07) is 14.5. The van der Waals surface area contributed by atoms with E-state index in [9.17, 15) is 14.3 Å². The third kappa shape index (κ3) is 5.40. The number of methoxy groups -OCH3 is 1. The van der Waals surface area contributed by atoms with Crippen LogP contribution in [0.3, 0.4) is 0 Å². The number of nitrogens with zero attached hydrogens (tertiary/aromatic N) is 1. The first kappa shape index (κ1) is 25.7. The molecule has 1 aromatic heterocycles. The van der Waals surface area contributed by atoms with Crippen LogP contribution in [0.5, 0.6) is 11.5 Å². The molecule has 0 amide bonds. The van der Waals surface area contributed by atoms with Gasteiger partial charge in [0.15, 0.2) is 0 Å². The largest absolute Gasteiger partial charge is 1.00 e. The third-order valence-corrected chi connectivity index (χ3v) is 7.06. The van der Waals surface area contributed by atoms with E-state index in [1.54, 1.807) is 32.4 Å². The molecular formula is C28H27FNNaO4. The van der Waals surface area contributed by atoms with Crippen molar-refractivity contribution in [1.29, 1.82) is 0 Å². The number of hydrogen-bond acceptors (Lipinski definition) is 5. The van der Waals surface area contributed by atoms with E-state index in [0.717, 1.165) is 48.3 Å². The van der Waals surface area contributed by atoms with Crippen LogP contribution in [0.25, 0.3) is 11.1 Å². The maximum atomic E-state index is 14.3. The second-order valence-electron chi connectivity index (χ2n) is 9.30. The number of aliphatic carboxylic acids is 1. The van der Waals surface area contributed by atoms with Gasteiger partial charge < -0.3 is 19.4 Å². The molecule has 0 spiro atoms. The molecule has 2 aliphatic rings. The smallest absolute Gasteiger partial charge is 0.550 e. The number of pyridine rings is 1. The summed E-state index contributed by atoms with van der Waals surface area (Å²) >= 11 is 0. The van der Waals surface area contributed by atoms with Crippen molar-refractivity contribution < 1.29 is 53.3 Å². The molecular weight excluding hydrogens is 456 g/mol. The molecule has 1 fully saturated rings. The Morgan fingerprint density at radius 3 is 2.60 bits per heavy atom. The van der Waals surface area contributed by atoms with Crippen LogP contribution < -0.4 is 44.1 Å². The number of aryl methyl sites for hydroxylation is 1. The summed E-state index contributed by atoms with van der Waals surface area (Å²) in [7, 11) is 1.55. The molecule has 176 valence electrons. The minimum atomic E-state index is -1.01. The van der Waals surface area contributed by atoms with E-state index in [1.807, 2.05) is 24.3 Å². The Balaban J connectivity index is 0.00000289. The zero-order chi connectivity index (χ0) is 23.8. The maximum absolute atomic E-state index is 14.3. The summed E-state index contributed by atoms with van der Waals surface area (Å²) in [4.78, 5) is 16.2. The summed E-state index contributed by atoms with van der Waals surface area (Å²) < 4.78 is 25.9. The van der Waals surface area contributed by atoms with Gasteiger partial charge in [-0.25, -0.2) is 4.39 Å². The Morgan fingerprint density at radius 2 is 1.94 bits per heavy atom. The monoisotopic (exact) mass is 483 g/mol. The van der Waals surface area contributed by atoms with Crippen molar-refractivity contribution in [1.82, 2.24) is 4.98 Å². The van der Waals surface area contributed by atoms with Gasteiger partial charge in [-0.15, -0.1) is 0 Å². The molecule has 5 nitrogen and oxygen atoms in total. The fourth-order valence-electron chi connectivity index (χ4n) is 4.98. The number of carboxylic acids is 1. The van der Waals surface area contributed by atoms with Crippen LogP contribution in [-0.2, 0) is 11.2 Å². The van der Waals surface area contributed by atoms with Crippen LogP contribution in [0.4, 0.5) is 4.39 Å². The average Bonchev–Trinajstić information content (AvgIpc) is 3.69. The number of rotatable bonds is 7. The summed E-state index contributed by atoms with van der Waals surface area (Å²) in [6.45, 7) is 1.73. The van der Waals surface area contributed by atoms with Gasteiger partial charge in [-0.1, -0.05) is 25.1 Å². The second kappa shape index (κ2) is 10.7. The molecule has 5 rings (SSSR count). The molecule has 0 radical (unpaired) electrons. The van der Waals surface area contributed by atoms with Crippen LogP contribution in [0, 0.1) is 17.7 Å². The number of benzene rings is 2. The Labute approximate surface area is 227 Å². The molecule has 2 aromatic carbocycles. The quantitative estimate of drug-likeness (QED) is 0.480. The number of carbonyl (C=O) groups excluding carboxylic acids is 1. The number of carboxylic acid groups (broad SMARTS) is 1. The van der Waals surface area contributed by atoms with Crippen molar-refractivity contribution in [2.75, 3.05) is 7.11 Å². The maximum Gasteiger partial charge on any atom is 1.00 e. The molecule has 1 aliphatic heterocycles. The topological polar surface area (TPSA) is 71.5 Å². The molecule has 7 heteroatoms. The van der Waals surface area contributed by atoms with Gasteiger partial charge in [-0.05, 0) is 79.0 Å². The van der Waals surface area contributed by atoms with E-state index < -0.39 is 11.9 Å². The molecule has 1 saturated carbocycles. The van der Waals surface area contributed by atoms with Gasteiger partial charge >= 0.3 is 29.6 Å². The number of hydrogen-bond donors (Lipinski definition) is 0. The van der Waals surface area contributed by atoms with Crippen LogP contribution >= 0.6 is 0 Å². The molecule has 0 N–H and O–H groups in total. The zero-order valence-electron chi connectivity index (χ0n) is 20.3. The first-order chi connectivity index (χ1) is 16.4. The van der Waals surface area contributed by atoms with Gasteiger partial charge in [0, 0.05) is 29.2 Å². The van der Waals surface area contributed by atoms with Crippen molar-refractivity contribution in [3.8, 4) is 22.6 Å². The fourth-order valence-corrected chi connectivity index (χ4v) is 4.98. The molecule has 2 heterocycles. The number of carbonyl (C=O) groups is 1. The van der Waals surface area contributed by atoms with E-state index in [4.69, 9.17) is 9.47 Å². The first-order valence-electron chi connectivity index (χ1n) is 11.7. The van der Waals surface area contributed by atoms with Crippen molar-refractivity contribution in [2.24, 2.45) is 11.8 Å². The van der Waals surface area contributed by atoms with Crippen LogP contribution in [0.2, 0.25) is 0 Å². The van der Waals surface area contributed by atoms with Gasteiger partial charge in [0.05, 0.1) is 12.8 Å². The minimum absolute atomic E-state index is 0. The predicted molar refractivity (Wildman–Crippen MR) is 124 cm³/mol. The molecule has 35 heavy (non-hydrogen) atoms. The molecule has 3 atom stereocenters. The molecule has 0 bridgehead atoms. The fraction of sp³-hybridized carbons (Fsp3) is 0.357. The van der Waals surface area contributed by atoms with Gasteiger partial charge in [0.1, 0.15) is 23.4 Å². The van der Waals surface area contributed by atoms with Crippen molar-refractivity contribution in [3.63, 3.8) is 0 Å². The molecule has 1 aliphatic carbocycles. The Morgan fingerprint density at radius 1 is 1.14 bits per heavy atom. The first-order valence-corrected chi connectivity index (χ1v) is 11.7. The number of halogens is 1. The van der Waals surface area contributed by atoms with Crippen molar-refractivity contribution in [3.05, 3.63) is 77.4 Å². The third-order valence-electron chi connectivity index (χ3n) is 7.06. The summed E-state index contributed by atoms with van der Waals surface area (Å²) in [5.74, 6) is -0.190. The standard InChI is InChI=1S/C28H28FNO4.Na/c1-16(28(31)32)27(18-4-5-18)19-6-3-17-8-12-25(34-26(17)13-19)24-11-7-20(15-30-24)22-14-21(33-2)9-10-23(22)29;/h3,6-7,9-11,13-16,18,25,27H,4-5,8,12H2,1-2H3,(H,31,32);/q;+1/p-1/t16-,25?,27-;/m0./s1. The summed E-state index contributed by atoms with van der Waals surface area (Å²) in [6.07, 6.45) is 5.17.